The summed E-state index contributed by atoms with van der Waals surface area (Å²) in [6.45, 7) is 7.65. The fourth-order valence-corrected chi connectivity index (χ4v) is 4.38. The Morgan fingerprint density at radius 2 is 1.67 bits per heavy atom. The highest BCUT2D eigenvalue weighted by Gasteiger charge is 2.25. The van der Waals surface area contributed by atoms with E-state index >= 15 is 0 Å². The molecule has 4 rings (SSSR count). The van der Waals surface area contributed by atoms with Gasteiger partial charge in [-0.2, -0.15) is 0 Å². The third kappa shape index (κ3) is 4.55. The van der Waals surface area contributed by atoms with Crippen LogP contribution in [0.3, 0.4) is 0 Å². The maximum absolute atomic E-state index is 13.6. The molecule has 1 aliphatic heterocycles. The largest absolute Gasteiger partial charge is 0.496 e. The predicted octanol–water partition coefficient (Wildman–Crippen LogP) is 0.987. The lowest BCUT2D eigenvalue weighted by atomic mass is 10.1. The lowest BCUT2D eigenvalue weighted by molar-refractivity contribution is -1.02. The van der Waals surface area contributed by atoms with Crippen molar-refractivity contribution in [3.8, 4) is 5.75 Å². The molecule has 0 unspecified atom stereocenters. The first-order valence-corrected chi connectivity index (χ1v) is 10.6. The Kier molecular flexibility index (Phi) is 6.16. The van der Waals surface area contributed by atoms with Gasteiger partial charge in [0.2, 0.25) is 0 Å². The van der Waals surface area contributed by atoms with E-state index in [1.54, 1.807) is 25.3 Å². The van der Waals surface area contributed by atoms with Crippen molar-refractivity contribution >= 4 is 11.0 Å². The second-order valence-electron chi connectivity index (χ2n) is 8.08. The number of benzene rings is 2. The standard InChI is InChI=1S/C24H27FN2O3/c1-3-17-4-6-21-18(14-24(28)30-23(21)12-17)15-26-8-10-27(11-9-26)16-19-13-20(25)5-7-22(19)29-2/h4-7,12-14H,3,8-11,15-16H2,1-2H3/p+2. The number of hydrogen-bond donors (Lipinski definition) is 2. The Morgan fingerprint density at radius 1 is 0.967 bits per heavy atom. The van der Waals surface area contributed by atoms with E-state index in [-0.39, 0.29) is 11.4 Å². The maximum atomic E-state index is 13.6. The number of halogens is 1. The van der Waals surface area contributed by atoms with Crippen LogP contribution >= 0.6 is 0 Å². The van der Waals surface area contributed by atoms with Gasteiger partial charge in [0.05, 0.1) is 12.7 Å². The Hall–Kier alpha value is -2.70. The van der Waals surface area contributed by atoms with Crippen LogP contribution in [0.25, 0.3) is 11.0 Å². The molecule has 0 bridgehead atoms. The monoisotopic (exact) mass is 412 g/mol. The Balaban J connectivity index is 1.43. The van der Waals surface area contributed by atoms with Crippen LogP contribution in [0.1, 0.15) is 23.6 Å². The lowest BCUT2D eigenvalue weighted by Crippen LogP contribution is -3.27. The first-order chi connectivity index (χ1) is 14.6. The average molecular weight is 413 g/mol. The summed E-state index contributed by atoms with van der Waals surface area (Å²) in [7, 11) is 1.62. The van der Waals surface area contributed by atoms with Crippen LogP contribution in [0, 0.1) is 5.82 Å². The van der Waals surface area contributed by atoms with Gasteiger partial charge in [-0.25, -0.2) is 9.18 Å². The molecule has 2 heterocycles. The SMILES string of the molecule is CCc1ccc2c(C[NH+]3CC[NH+](Cc4cc(F)ccc4OC)CC3)cc(=O)oc2c1. The van der Waals surface area contributed by atoms with Crippen LogP contribution in [-0.2, 0) is 19.5 Å². The zero-order chi connectivity index (χ0) is 21.1. The molecule has 5 nitrogen and oxygen atoms in total. The molecule has 6 heteroatoms. The Morgan fingerprint density at radius 3 is 2.33 bits per heavy atom. The molecule has 0 aliphatic carbocycles. The van der Waals surface area contributed by atoms with Gasteiger partial charge in [-0.15, -0.1) is 0 Å². The van der Waals surface area contributed by atoms with Gasteiger partial charge in [0.15, 0.2) is 0 Å². The van der Waals surface area contributed by atoms with Crippen LogP contribution < -0.4 is 20.2 Å². The molecule has 0 radical (unpaired) electrons. The van der Waals surface area contributed by atoms with Crippen molar-refractivity contribution in [3.63, 3.8) is 0 Å². The minimum Gasteiger partial charge on any atom is -0.496 e. The first kappa shape index (κ1) is 20.6. The van der Waals surface area contributed by atoms with Crippen LogP contribution in [0.15, 0.2) is 51.7 Å². The zero-order valence-corrected chi connectivity index (χ0v) is 17.6. The fourth-order valence-electron chi connectivity index (χ4n) is 4.38. The predicted molar refractivity (Wildman–Crippen MR) is 114 cm³/mol. The lowest BCUT2D eigenvalue weighted by Gasteiger charge is -2.30. The number of hydrogen-bond acceptors (Lipinski definition) is 3. The molecular formula is C24H29FN2O3+2. The molecule has 2 N–H and O–H groups in total. The number of rotatable bonds is 6. The molecule has 0 amide bonds. The minimum absolute atomic E-state index is 0.226. The van der Waals surface area contributed by atoms with Crippen LogP contribution in [-0.4, -0.2) is 33.3 Å². The summed E-state index contributed by atoms with van der Waals surface area (Å²) < 4.78 is 24.5. The third-order valence-corrected chi connectivity index (χ3v) is 6.09. The zero-order valence-electron chi connectivity index (χ0n) is 17.6. The summed E-state index contributed by atoms with van der Waals surface area (Å²) in [6, 6.07) is 12.5. The number of nitrogens with one attached hydrogen (secondary N) is 2. The van der Waals surface area contributed by atoms with E-state index in [2.05, 4.69) is 19.1 Å². The van der Waals surface area contributed by atoms with Crippen molar-refractivity contribution in [2.24, 2.45) is 0 Å². The number of quaternary nitrogens is 2. The average Bonchev–Trinajstić information content (AvgIpc) is 2.74. The van der Waals surface area contributed by atoms with Crippen molar-refractivity contribution in [1.82, 2.24) is 0 Å². The van der Waals surface area contributed by atoms with Crippen LogP contribution in [0.5, 0.6) is 5.75 Å². The summed E-state index contributed by atoms with van der Waals surface area (Å²) in [5.74, 6) is 0.517. The van der Waals surface area contributed by atoms with E-state index in [1.807, 2.05) is 6.07 Å². The van der Waals surface area contributed by atoms with Crippen molar-refractivity contribution < 1.29 is 23.3 Å². The van der Waals surface area contributed by atoms with Gasteiger partial charge in [0.25, 0.3) is 0 Å². The van der Waals surface area contributed by atoms with E-state index in [1.165, 1.54) is 21.4 Å². The molecule has 0 saturated carbocycles. The summed E-state index contributed by atoms with van der Waals surface area (Å²) in [5.41, 5.74) is 3.52. The van der Waals surface area contributed by atoms with E-state index in [9.17, 15) is 9.18 Å². The molecule has 30 heavy (non-hydrogen) atoms. The summed E-state index contributed by atoms with van der Waals surface area (Å²) in [6.07, 6.45) is 0.913. The van der Waals surface area contributed by atoms with Gasteiger partial charge in [-0.3, -0.25) is 0 Å². The highest BCUT2D eigenvalue weighted by molar-refractivity contribution is 5.80. The second kappa shape index (κ2) is 8.98. The second-order valence-corrected chi connectivity index (χ2v) is 8.08. The van der Waals surface area contributed by atoms with Crippen molar-refractivity contribution in [1.29, 1.82) is 0 Å². The maximum Gasteiger partial charge on any atom is 0.336 e. The third-order valence-electron chi connectivity index (χ3n) is 6.09. The number of aryl methyl sites for hydroxylation is 1. The normalized spacial score (nSPS) is 19.2. The molecule has 1 aliphatic rings. The summed E-state index contributed by atoms with van der Waals surface area (Å²) in [5, 5.41) is 1.03. The molecule has 1 saturated heterocycles. The highest BCUT2D eigenvalue weighted by atomic mass is 19.1. The van der Waals surface area contributed by atoms with Gasteiger partial charge in [-0.1, -0.05) is 19.1 Å². The van der Waals surface area contributed by atoms with Gasteiger partial charge in [-0.05, 0) is 36.2 Å². The highest BCUT2D eigenvalue weighted by Crippen LogP contribution is 2.19. The van der Waals surface area contributed by atoms with Crippen LogP contribution in [0.4, 0.5) is 4.39 Å². The number of piperazine rings is 1. The van der Waals surface area contributed by atoms with Gasteiger partial charge in [0, 0.05) is 17.0 Å². The molecule has 2 aromatic carbocycles. The number of ether oxygens (including phenoxy) is 1. The fraction of sp³-hybridized carbons (Fsp3) is 0.375. The van der Waals surface area contributed by atoms with Crippen molar-refractivity contribution in [2.75, 3.05) is 33.3 Å². The summed E-state index contributed by atoms with van der Waals surface area (Å²) in [4.78, 5) is 14.9. The molecule has 1 fully saturated rings. The molecule has 0 atom stereocenters. The Bertz CT molecular complexity index is 1090. The van der Waals surface area contributed by atoms with Crippen molar-refractivity contribution in [3.05, 3.63) is 75.4 Å². The van der Waals surface area contributed by atoms with E-state index in [4.69, 9.17) is 9.15 Å². The molecule has 158 valence electrons. The van der Waals surface area contributed by atoms with Gasteiger partial charge in [0.1, 0.15) is 56.4 Å². The van der Waals surface area contributed by atoms with Gasteiger partial charge >= 0.3 is 5.63 Å². The Labute approximate surface area is 175 Å². The van der Waals surface area contributed by atoms with Gasteiger partial charge < -0.3 is 19.0 Å². The van der Waals surface area contributed by atoms with E-state index in [0.29, 0.717) is 5.58 Å². The topological polar surface area (TPSA) is 48.3 Å². The smallest absolute Gasteiger partial charge is 0.336 e. The molecular weight excluding hydrogens is 383 g/mol. The molecule has 1 aromatic heterocycles. The van der Waals surface area contributed by atoms with E-state index < -0.39 is 0 Å². The van der Waals surface area contributed by atoms with Crippen LogP contribution in [0.2, 0.25) is 0 Å². The first-order valence-electron chi connectivity index (χ1n) is 10.6. The molecule has 3 aromatic rings. The van der Waals surface area contributed by atoms with E-state index in [0.717, 1.165) is 68.0 Å². The molecule has 0 spiro atoms. The quantitative estimate of drug-likeness (QED) is 0.594. The van der Waals surface area contributed by atoms with Crippen molar-refractivity contribution in [2.45, 2.75) is 26.4 Å². The number of methoxy groups -OCH3 is 1. The minimum atomic E-state index is -0.285. The summed E-state index contributed by atoms with van der Waals surface area (Å²) >= 11 is 0. The number of fused-ring (bicyclic) bond motifs is 1.